The Bertz CT molecular complexity index is 679. The molecule has 2 aliphatic rings. The van der Waals surface area contributed by atoms with Gasteiger partial charge in [-0.3, -0.25) is 9.78 Å². The summed E-state index contributed by atoms with van der Waals surface area (Å²) in [6.45, 7) is 1.35. The summed E-state index contributed by atoms with van der Waals surface area (Å²) >= 11 is 0. The van der Waals surface area contributed by atoms with Crippen molar-refractivity contribution in [3.63, 3.8) is 0 Å². The second-order valence-corrected chi connectivity index (χ2v) is 7.92. The standard InChI is InChI=1S/C14H20N4O4S/c1-16(2)23(20,21)18-6-7-22-13-10-17(9-12(13)18)14(19)11-4-3-5-15-8-11/h3-5,8,12-13H,6-7,9-10H2,1-2H3/t12-,13+/m0/s1. The predicted molar refractivity (Wildman–Crippen MR) is 83.0 cm³/mol. The van der Waals surface area contributed by atoms with Gasteiger partial charge in [-0.05, 0) is 12.1 Å². The van der Waals surface area contributed by atoms with E-state index in [1.807, 2.05) is 0 Å². The number of carbonyl (C=O) groups excluding carboxylic acids is 1. The number of hydrogen-bond donors (Lipinski definition) is 0. The van der Waals surface area contributed by atoms with E-state index in [1.165, 1.54) is 28.9 Å². The van der Waals surface area contributed by atoms with Gasteiger partial charge in [0.1, 0.15) is 0 Å². The molecule has 8 nitrogen and oxygen atoms in total. The molecule has 1 aromatic rings. The molecular weight excluding hydrogens is 320 g/mol. The lowest BCUT2D eigenvalue weighted by Crippen LogP contribution is -2.55. The molecule has 0 unspecified atom stereocenters. The van der Waals surface area contributed by atoms with E-state index in [0.717, 1.165) is 0 Å². The Labute approximate surface area is 135 Å². The Kier molecular flexibility index (Phi) is 4.37. The fraction of sp³-hybridized carbons (Fsp3) is 0.571. The second kappa shape index (κ2) is 6.16. The van der Waals surface area contributed by atoms with Gasteiger partial charge >= 0.3 is 0 Å². The molecule has 1 amide bonds. The van der Waals surface area contributed by atoms with E-state index < -0.39 is 10.2 Å². The highest BCUT2D eigenvalue weighted by Crippen LogP contribution is 2.27. The highest BCUT2D eigenvalue weighted by atomic mass is 32.2. The van der Waals surface area contributed by atoms with Crippen LogP contribution in [0, 0.1) is 0 Å². The zero-order chi connectivity index (χ0) is 16.6. The van der Waals surface area contributed by atoms with E-state index >= 15 is 0 Å². The Morgan fingerprint density at radius 2 is 2.17 bits per heavy atom. The van der Waals surface area contributed by atoms with Gasteiger partial charge in [0.05, 0.1) is 24.3 Å². The number of aromatic nitrogens is 1. The number of ether oxygens (including phenoxy) is 1. The van der Waals surface area contributed by atoms with Crippen molar-refractivity contribution < 1.29 is 17.9 Å². The van der Waals surface area contributed by atoms with Crippen LogP contribution in [0.15, 0.2) is 24.5 Å². The second-order valence-electron chi connectivity index (χ2n) is 5.83. The first-order chi connectivity index (χ1) is 10.9. The monoisotopic (exact) mass is 340 g/mol. The third-order valence-corrected chi connectivity index (χ3v) is 6.17. The van der Waals surface area contributed by atoms with E-state index in [0.29, 0.717) is 31.8 Å². The number of rotatable bonds is 3. The van der Waals surface area contributed by atoms with Gasteiger partial charge in [-0.2, -0.15) is 17.0 Å². The topological polar surface area (TPSA) is 83.1 Å². The van der Waals surface area contributed by atoms with Crippen molar-refractivity contribution in [1.29, 1.82) is 0 Å². The van der Waals surface area contributed by atoms with E-state index in [-0.39, 0.29) is 18.1 Å². The Morgan fingerprint density at radius 3 is 2.83 bits per heavy atom. The van der Waals surface area contributed by atoms with Gasteiger partial charge in [-0.25, -0.2) is 0 Å². The summed E-state index contributed by atoms with van der Waals surface area (Å²) in [6, 6.07) is 3.05. The molecular formula is C14H20N4O4S. The Balaban J connectivity index is 1.80. The molecule has 23 heavy (non-hydrogen) atoms. The summed E-state index contributed by atoms with van der Waals surface area (Å²) in [5, 5.41) is 0. The Hall–Kier alpha value is -1.55. The average molecular weight is 340 g/mol. The van der Waals surface area contributed by atoms with Gasteiger partial charge in [0.2, 0.25) is 0 Å². The van der Waals surface area contributed by atoms with Crippen molar-refractivity contribution in [2.24, 2.45) is 0 Å². The smallest absolute Gasteiger partial charge is 0.281 e. The van der Waals surface area contributed by atoms with Gasteiger partial charge in [-0.15, -0.1) is 0 Å². The molecule has 2 aliphatic heterocycles. The third-order valence-electron chi connectivity index (χ3n) is 4.20. The molecule has 126 valence electrons. The molecule has 0 radical (unpaired) electrons. The molecule has 2 atom stereocenters. The van der Waals surface area contributed by atoms with Crippen LogP contribution in [0.4, 0.5) is 0 Å². The van der Waals surface area contributed by atoms with E-state index in [9.17, 15) is 13.2 Å². The van der Waals surface area contributed by atoms with Crippen molar-refractivity contribution in [2.45, 2.75) is 12.1 Å². The number of pyridine rings is 1. The molecule has 0 aromatic carbocycles. The SMILES string of the molecule is CN(C)S(=O)(=O)N1CCO[C@@H]2CN(C(=O)c3cccnc3)C[C@@H]21. The number of nitrogens with zero attached hydrogens (tertiary/aromatic N) is 4. The van der Waals surface area contributed by atoms with Crippen molar-refractivity contribution >= 4 is 16.1 Å². The fourth-order valence-electron chi connectivity index (χ4n) is 2.99. The lowest BCUT2D eigenvalue weighted by molar-refractivity contribution is -0.0174. The molecule has 1 aromatic heterocycles. The van der Waals surface area contributed by atoms with Crippen molar-refractivity contribution in [1.82, 2.24) is 18.5 Å². The molecule has 2 saturated heterocycles. The van der Waals surface area contributed by atoms with Gasteiger partial charge in [0.25, 0.3) is 16.1 Å². The summed E-state index contributed by atoms with van der Waals surface area (Å²) in [6.07, 6.45) is 2.83. The van der Waals surface area contributed by atoms with Crippen LogP contribution >= 0.6 is 0 Å². The minimum Gasteiger partial charge on any atom is -0.373 e. The van der Waals surface area contributed by atoms with Gasteiger partial charge < -0.3 is 9.64 Å². The maximum atomic E-state index is 12.5. The van der Waals surface area contributed by atoms with Crippen LogP contribution in [0.3, 0.4) is 0 Å². The van der Waals surface area contributed by atoms with Crippen LogP contribution in [0.1, 0.15) is 10.4 Å². The minimum absolute atomic E-state index is 0.154. The highest BCUT2D eigenvalue weighted by molar-refractivity contribution is 7.86. The molecule has 0 saturated carbocycles. The number of fused-ring (bicyclic) bond motifs is 1. The summed E-state index contributed by atoms with van der Waals surface area (Å²) < 4.78 is 33.2. The molecule has 0 spiro atoms. The van der Waals surface area contributed by atoms with E-state index in [1.54, 1.807) is 23.2 Å². The summed E-state index contributed by atoms with van der Waals surface area (Å²) in [5.41, 5.74) is 0.494. The number of morpholine rings is 1. The third kappa shape index (κ3) is 2.97. The van der Waals surface area contributed by atoms with Crippen molar-refractivity contribution in [3.05, 3.63) is 30.1 Å². The molecule has 3 heterocycles. The van der Waals surface area contributed by atoms with Crippen LogP contribution in [-0.2, 0) is 14.9 Å². The normalized spacial score (nSPS) is 25.6. The van der Waals surface area contributed by atoms with Gasteiger partial charge in [0.15, 0.2) is 0 Å². The minimum atomic E-state index is -3.53. The van der Waals surface area contributed by atoms with Crippen LogP contribution in [0.25, 0.3) is 0 Å². The lowest BCUT2D eigenvalue weighted by Gasteiger charge is -2.36. The Morgan fingerprint density at radius 1 is 1.39 bits per heavy atom. The van der Waals surface area contributed by atoms with Crippen LogP contribution < -0.4 is 0 Å². The number of likely N-dealkylation sites (tertiary alicyclic amines) is 1. The van der Waals surface area contributed by atoms with E-state index in [4.69, 9.17) is 4.74 Å². The molecule has 9 heteroatoms. The van der Waals surface area contributed by atoms with Crippen molar-refractivity contribution in [2.75, 3.05) is 40.3 Å². The first-order valence-electron chi connectivity index (χ1n) is 7.41. The maximum Gasteiger partial charge on any atom is 0.281 e. The molecule has 0 aliphatic carbocycles. The van der Waals surface area contributed by atoms with E-state index in [2.05, 4.69) is 4.98 Å². The van der Waals surface area contributed by atoms with Gasteiger partial charge in [-0.1, -0.05) is 0 Å². The summed E-state index contributed by atoms with van der Waals surface area (Å²) in [7, 11) is -0.517. The average Bonchev–Trinajstić information content (AvgIpc) is 2.98. The quantitative estimate of drug-likeness (QED) is 0.735. The number of amides is 1. The van der Waals surface area contributed by atoms with Crippen LogP contribution in [0.5, 0.6) is 0 Å². The summed E-state index contributed by atoms with van der Waals surface area (Å²) in [5.74, 6) is -0.154. The first-order valence-corrected chi connectivity index (χ1v) is 8.81. The highest BCUT2D eigenvalue weighted by Gasteiger charge is 2.46. The fourth-order valence-corrected chi connectivity index (χ4v) is 4.26. The molecule has 2 fully saturated rings. The summed E-state index contributed by atoms with van der Waals surface area (Å²) in [4.78, 5) is 18.1. The zero-order valence-corrected chi connectivity index (χ0v) is 13.9. The largest absolute Gasteiger partial charge is 0.373 e. The molecule has 0 N–H and O–H groups in total. The number of hydrogen-bond acceptors (Lipinski definition) is 5. The lowest BCUT2D eigenvalue weighted by atomic mass is 10.2. The van der Waals surface area contributed by atoms with Crippen LogP contribution in [0.2, 0.25) is 0 Å². The van der Waals surface area contributed by atoms with Gasteiger partial charge in [0, 0.05) is 46.1 Å². The molecule has 0 bridgehead atoms. The molecule has 3 rings (SSSR count). The van der Waals surface area contributed by atoms with Crippen molar-refractivity contribution in [3.8, 4) is 0 Å². The predicted octanol–water partition coefficient (Wildman–Crippen LogP) is -0.587. The maximum absolute atomic E-state index is 12.5. The van der Waals surface area contributed by atoms with Crippen LogP contribution in [-0.4, -0.2) is 85.3 Å². The zero-order valence-electron chi connectivity index (χ0n) is 13.1. The number of carbonyl (C=O) groups is 1. The first kappa shape index (κ1) is 16.3.